The summed E-state index contributed by atoms with van der Waals surface area (Å²) < 4.78 is 33.5. The third kappa shape index (κ3) is 10.0. The number of aliphatic hydroxyl groups excluding tert-OH is 3. The first-order valence-electron chi connectivity index (χ1n) is 27.6. The van der Waals surface area contributed by atoms with E-state index in [0.29, 0.717) is 59.9 Å². The van der Waals surface area contributed by atoms with Crippen LogP contribution in [0.1, 0.15) is 158 Å². The van der Waals surface area contributed by atoms with Crippen LogP contribution in [0, 0.1) is 35.5 Å². The summed E-state index contributed by atoms with van der Waals surface area (Å²) in [5.74, 6) is 6.04. The largest absolute Gasteiger partial charge is 0.482 e. The van der Waals surface area contributed by atoms with E-state index >= 15 is 9.59 Å². The molecule has 5 aromatic rings. The van der Waals surface area contributed by atoms with E-state index in [-0.39, 0.29) is 84.9 Å². The molecule has 0 saturated heterocycles. The first kappa shape index (κ1) is 51.1. The number of carbonyl (C=O) groups is 2. The van der Waals surface area contributed by atoms with Gasteiger partial charge in [-0.1, -0.05) is 91.2 Å². The van der Waals surface area contributed by atoms with Crippen LogP contribution in [0.15, 0.2) is 111 Å². The third-order valence-corrected chi connectivity index (χ3v) is 18.1. The van der Waals surface area contributed by atoms with Gasteiger partial charge in [0.2, 0.25) is 0 Å². The second kappa shape index (κ2) is 22.3. The lowest BCUT2D eigenvalue weighted by atomic mass is 9.56. The highest BCUT2D eigenvalue weighted by Gasteiger charge is 2.63. The molecule has 7 aliphatic rings. The Hall–Kier alpha value is -6.03. The summed E-state index contributed by atoms with van der Waals surface area (Å²) in [5.41, 5.74) is 5.84. The fraction of sp³-hybridized carbons (Fsp3) is 0.484. The molecule has 3 saturated carbocycles. The van der Waals surface area contributed by atoms with Gasteiger partial charge in [0.15, 0.2) is 17.8 Å². The highest BCUT2D eigenvalue weighted by Crippen LogP contribution is 2.59. The Morgan fingerprint density at radius 1 is 0.813 bits per heavy atom. The van der Waals surface area contributed by atoms with Gasteiger partial charge >= 0.3 is 17.6 Å². The molecule has 3 N–H and O–H groups in total. The molecule has 11 nitrogen and oxygen atoms in total. The molecule has 0 radical (unpaired) electrons. The predicted molar refractivity (Wildman–Crippen MR) is 284 cm³/mol. The quantitative estimate of drug-likeness (QED) is 0.0694. The van der Waals surface area contributed by atoms with Crippen molar-refractivity contribution >= 4 is 22.9 Å². The molecule has 1 spiro atoms. The van der Waals surface area contributed by atoms with Crippen molar-refractivity contribution in [3.05, 3.63) is 157 Å². The lowest BCUT2D eigenvalue weighted by Crippen LogP contribution is -2.64. The van der Waals surface area contributed by atoms with E-state index in [1.165, 1.54) is 23.8 Å². The van der Waals surface area contributed by atoms with Gasteiger partial charge in [0, 0.05) is 60.8 Å². The molecule has 3 fully saturated rings. The average molecular weight is 1020 g/mol. The van der Waals surface area contributed by atoms with Crippen molar-refractivity contribution in [3.8, 4) is 17.6 Å². The average Bonchev–Trinajstić information content (AvgIpc) is 3.42. The zero-order valence-electron chi connectivity index (χ0n) is 43.1. The molecular weight excluding hydrogens is 945 g/mol. The van der Waals surface area contributed by atoms with Gasteiger partial charge < -0.3 is 38.7 Å². The number of hydrogen-bond acceptors (Lipinski definition) is 11. The van der Waals surface area contributed by atoms with Gasteiger partial charge in [0.25, 0.3) is 0 Å². The second-order valence-corrected chi connectivity index (χ2v) is 22.2. The molecule has 75 heavy (non-hydrogen) atoms. The predicted octanol–water partition coefficient (Wildman–Crippen LogP) is 10.6. The fourth-order valence-electron chi connectivity index (χ4n) is 14.6. The fourth-order valence-corrected chi connectivity index (χ4v) is 14.6. The number of aliphatic hydroxyl groups is 3. The van der Waals surface area contributed by atoms with E-state index < -0.39 is 47.9 Å². The lowest BCUT2D eigenvalue weighted by molar-refractivity contribution is -0.218. The molecule has 0 amide bonds. The Kier molecular flexibility index (Phi) is 15.2. The number of rotatable bonds is 10. The number of esters is 2. The number of hydrogen-bond donors (Lipinski definition) is 3. The number of ether oxygens (including phenoxy) is 4. The van der Waals surface area contributed by atoms with Gasteiger partial charge in [0.05, 0.1) is 25.4 Å². The number of carbonyl (C=O) groups excluding carboxylic acids is 2. The van der Waals surface area contributed by atoms with E-state index in [1.54, 1.807) is 6.07 Å². The lowest BCUT2D eigenvalue weighted by Gasteiger charge is -2.56. The molecule has 0 unspecified atom stereocenters. The smallest absolute Gasteiger partial charge is 0.340 e. The Labute approximate surface area is 439 Å². The summed E-state index contributed by atoms with van der Waals surface area (Å²) in [6.07, 6.45) is 7.68. The van der Waals surface area contributed by atoms with Gasteiger partial charge in [-0.05, 0) is 158 Å². The van der Waals surface area contributed by atoms with E-state index in [0.717, 1.165) is 68.9 Å². The second-order valence-electron chi connectivity index (χ2n) is 22.2. The van der Waals surface area contributed by atoms with Gasteiger partial charge in [0.1, 0.15) is 11.3 Å². The summed E-state index contributed by atoms with van der Waals surface area (Å²) in [4.78, 5) is 45.5. The van der Waals surface area contributed by atoms with E-state index in [4.69, 9.17) is 23.4 Å². The minimum atomic E-state index is -1.30. The third-order valence-electron chi connectivity index (χ3n) is 18.1. The maximum Gasteiger partial charge on any atom is 0.340 e. The number of methoxy groups -OCH3 is 1. The molecule has 4 aromatic carbocycles. The maximum atomic E-state index is 15.5. The van der Waals surface area contributed by atoms with Gasteiger partial charge in [-0.3, -0.25) is 4.79 Å². The topological polar surface area (TPSA) is 162 Å². The van der Waals surface area contributed by atoms with Gasteiger partial charge in [-0.25, -0.2) is 9.59 Å². The number of aryl methyl sites for hydroxylation is 1. The maximum absolute atomic E-state index is 15.5. The minimum absolute atomic E-state index is 0.0601. The molecule has 1 aromatic heterocycles. The van der Waals surface area contributed by atoms with Crippen LogP contribution in [0.2, 0.25) is 0 Å². The summed E-state index contributed by atoms with van der Waals surface area (Å²) in [6.45, 7) is -1.000. The summed E-state index contributed by atoms with van der Waals surface area (Å²) in [5, 5.41) is 32.7. The van der Waals surface area contributed by atoms with E-state index in [1.807, 2.05) is 12.1 Å². The molecule has 11 heteroatoms. The molecule has 3 aliphatic carbocycles. The molecular formula is C64H70O11. The van der Waals surface area contributed by atoms with Crippen molar-refractivity contribution in [1.29, 1.82) is 0 Å². The number of benzene rings is 4. The van der Waals surface area contributed by atoms with Crippen LogP contribution in [-0.2, 0) is 43.2 Å². The Bertz CT molecular complexity index is 3050. The van der Waals surface area contributed by atoms with E-state index in [2.05, 4.69) is 84.6 Å². The Morgan fingerprint density at radius 2 is 1.65 bits per heavy atom. The summed E-state index contributed by atoms with van der Waals surface area (Å²) in [7, 11) is 1.52. The van der Waals surface area contributed by atoms with Crippen LogP contribution in [0.25, 0.3) is 11.0 Å². The summed E-state index contributed by atoms with van der Waals surface area (Å²) >= 11 is 0. The molecule has 10 atom stereocenters. The van der Waals surface area contributed by atoms with E-state index in [9.17, 15) is 20.1 Å². The molecule has 12 rings (SSSR count). The van der Waals surface area contributed by atoms with Crippen LogP contribution >= 0.6 is 0 Å². The summed E-state index contributed by atoms with van der Waals surface area (Å²) in [6, 6.07) is 31.6. The van der Waals surface area contributed by atoms with Crippen molar-refractivity contribution in [2.75, 3.05) is 26.9 Å². The molecule has 4 aliphatic heterocycles. The van der Waals surface area contributed by atoms with Crippen molar-refractivity contribution in [2.45, 2.75) is 145 Å². The van der Waals surface area contributed by atoms with Crippen molar-refractivity contribution in [1.82, 2.24) is 0 Å². The zero-order chi connectivity index (χ0) is 51.6. The monoisotopic (exact) mass is 1010 g/mol. The first-order chi connectivity index (χ1) is 36.7. The van der Waals surface area contributed by atoms with Crippen molar-refractivity contribution in [3.63, 3.8) is 0 Å². The SMILES string of the molecule is COC[C@@H](CCO)c1c(CO)c2ccc3c(c2oc1=O)[C@H]1OC(=O)C[C@H]2C[C@@H](c4cccc(Cc5ccccc5)c4)CC[C@H]2c2ccc(cc2)CC/C2=C(/CO)CCC#C[C@H]4CCC[C@H]5[C@H]4CCC[C@@]5(O3)[C@H]1OC2=O. The van der Waals surface area contributed by atoms with Gasteiger partial charge in [-0.2, -0.15) is 0 Å². The van der Waals surface area contributed by atoms with Crippen LogP contribution < -0.4 is 10.4 Å². The van der Waals surface area contributed by atoms with Crippen LogP contribution in [0.5, 0.6) is 5.75 Å². The van der Waals surface area contributed by atoms with Crippen LogP contribution in [0.3, 0.4) is 0 Å². The van der Waals surface area contributed by atoms with Gasteiger partial charge in [-0.15, -0.1) is 5.92 Å². The molecule has 5 heterocycles. The highest BCUT2D eigenvalue weighted by molar-refractivity contribution is 5.91. The van der Waals surface area contributed by atoms with Crippen molar-refractivity contribution < 1.29 is 48.3 Å². The zero-order valence-corrected chi connectivity index (χ0v) is 43.1. The van der Waals surface area contributed by atoms with Crippen LogP contribution in [0.4, 0.5) is 0 Å². The van der Waals surface area contributed by atoms with Crippen molar-refractivity contribution in [2.24, 2.45) is 23.7 Å². The van der Waals surface area contributed by atoms with Crippen LogP contribution in [-0.4, -0.2) is 65.9 Å². The Morgan fingerprint density at radius 3 is 2.45 bits per heavy atom. The first-order valence-corrected chi connectivity index (χ1v) is 27.6. The minimum Gasteiger partial charge on any atom is -0.482 e. The highest BCUT2D eigenvalue weighted by atomic mass is 16.6. The standard InChI is InChI=1S/C64H70O11/c1-71-38-47(29-31-65)57-53(37-67)52-27-28-55-58(59(52)73-63(57)70)60-61-64(75-55)30-9-17-50-42(15-8-18-54(50)64)13-5-6-14-46(36-66)51(62(69)74-61)25-21-39-19-22-43(23-20-39)49-26-24-45(34-48(49)35-56(68)72-60)44-16-7-12-41(33-44)32-40-10-3-2-4-11-40/h2-4,7,10-12,16,19-20,22-23,27-28,33,42,45,47-50,54,60-61,65-67H,6,8-9,14-15,17-18,21,24-26,29-32,34-38H2,1H3/b51-46-/t42-,45-,47+,48+,49-,50-,54-,60+,61-,64-/m0/s1. The number of fused-ring (bicyclic) bond motifs is 8. The Balaban J connectivity index is 1.08. The normalized spacial score (nSPS) is 29.0. The molecule has 392 valence electrons. The molecule has 8 bridgehead atoms.